The summed E-state index contributed by atoms with van der Waals surface area (Å²) in [7, 11) is 1.62. The summed E-state index contributed by atoms with van der Waals surface area (Å²) in [6, 6.07) is 29.6. The molecule has 43 heavy (non-hydrogen) atoms. The van der Waals surface area contributed by atoms with Gasteiger partial charge in [0.25, 0.3) is 0 Å². The maximum atomic E-state index is 13.9. The lowest BCUT2D eigenvalue weighted by molar-refractivity contribution is -0.123. The second kappa shape index (κ2) is 12.5. The van der Waals surface area contributed by atoms with Crippen LogP contribution in [0.15, 0.2) is 103 Å². The minimum atomic E-state index is -0.272. The standard InChI is InChI=1S/C34H31N5O3S/c1-23-8-6-12-26(18-23)33-31-32(25-10-4-3-5-11-25)37-39(27-13-15-28(42-2)16-14-27)34(31)38(30(41)22-43-33)21-29(40)36-20-24-9-7-17-35-19-24/h3-19,33H,20-22H2,1-2H3,(H,36,40). The number of methoxy groups -OCH3 is 1. The van der Waals surface area contributed by atoms with E-state index in [2.05, 4.69) is 35.4 Å². The van der Waals surface area contributed by atoms with E-state index in [-0.39, 0.29) is 29.4 Å². The molecule has 0 fully saturated rings. The van der Waals surface area contributed by atoms with Crippen LogP contribution in [-0.4, -0.2) is 46.0 Å². The number of aryl methyl sites for hydroxylation is 1. The van der Waals surface area contributed by atoms with Gasteiger partial charge in [-0.1, -0.05) is 66.2 Å². The van der Waals surface area contributed by atoms with Gasteiger partial charge in [-0.3, -0.25) is 19.5 Å². The molecule has 0 aliphatic carbocycles. The molecular formula is C34H31N5O3S. The lowest BCUT2D eigenvalue weighted by Crippen LogP contribution is -2.42. The topological polar surface area (TPSA) is 89.3 Å². The number of thioether (sulfide) groups is 1. The number of rotatable bonds is 8. The molecule has 0 bridgehead atoms. The van der Waals surface area contributed by atoms with Crippen LogP contribution in [0.2, 0.25) is 0 Å². The molecule has 5 aromatic rings. The summed E-state index contributed by atoms with van der Waals surface area (Å²) < 4.78 is 7.19. The Morgan fingerprint density at radius 2 is 1.84 bits per heavy atom. The lowest BCUT2D eigenvalue weighted by Gasteiger charge is -2.23. The van der Waals surface area contributed by atoms with Crippen molar-refractivity contribution in [2.24, 2.45) is 0 Å². The van der Waals surface area contributed by atoms with Crippen molar-refractivity contribution in [1.82, 2.24) is 20.1 Å². The van der Waals surface area contributed by atoms with Crippen molar-refractivity contribution in [1.29, 1.82) is 0 Å². The molecule has 1 N–H and O–H groups in total. The van der Waals surface area contributed by atoms with Crippen LogP contribution in [0, 0.1) is 6.92 Å². The smallest absolute Gasteiger partial charge is 0.240 e. The number of nitrogens with zero attached hydrogens (tertiary/aromatic N) is 4. The number of carbonyl (C=O) groups is 2. The highest BCUT2D eigenvalue weighted by Gasteiger charge is 2.37. The van der Waals surface area contributed by atoms with E-state index in [1.807, 2.05) is 72.8 Å². The van der Waals surface area contributed by atoms with Gasteiger partial charge in [-0.05, 0) is 48.4 Å². The summed E-state index contributed by atoms with van der Waals surface area (Å²) in [5.41, 5.74) is 6.43. The lowest BCUT2D eigenvalue weighted by atomic mass is 9.98. The van der Waals surface area contributed by atoms with E-state index < -0.39 is 0 Å². The van der Waals surface area contributed by atoms with Crippen LogP contribution in [0.5, 0.6) is 5.75 Å². The number of anilines is 1. The highest BCUT2D eigenvalue weighted by molar-refractivity contribution is 8.00. The Hall–Kier alpha value is -4.89. The van der Waals surface area contributed by atoms with Gasteiger partial charge >= 0.3 is 0 Å². The Labute approximate surface area is 254 Å². The molecule has 2 aromatic heterocycles. The largest absolute Gasteiger partial charge is 0.497 e. The van der Waals surface area contributed by atoms with Gasteiger partial charge in [0.15, 0.2) is 0 Å². The molecule has 6 rings (SSSR count). The van der Waals surface area contributed by atoms with Gasteiger partial charge in [-0.25, -0.2) is 4.68 Å². The van der Waals surface area contributed by atoms with Crippen molar-refractivity contribution in [3.05, 3.63) is 126 Å². The van der Waals surface area contributed by atoms with Gasteiger partial charge < -0.3 is 10.1 Å². The molecule has 0 spiro atoms. The Morgan fingerprint density at radius 1 is 1.02 bits per heavy atom. The van der Waals surface area contributed by atoms with E-state index in [4.69, 9.17) is 9.84 Å². The van der Waals surface area contributed by atoms with E-state index >= 15 is 0 Å². The minimum Gasteiger partial charge on any atom is -0.497 e. The average molecular weight is 590 g/mol. The maximum Gasteiger partial charge on any atom is 0.240 e. The van der Waals surface area contributed by atoms with Crippen LogP contribution in [0.1, 0.15) is 27.5 Å². The van der Waals surface area contributed by atoms with Crippen molar-refractivity contribution in [2.45, 2.75) is 18.7 Å². The number of hydrogen-bond donors (Lipinski definition) is 1. The third kappa shape index (κ3) is 6.03. The number of carbonyl (C=O) groups excluding carboxylic acids is 2. The summed E-state index contributed by atoms with van der Waals surface area (Å²) in [5, 5.41) is 7.91. The number of benzene rings is 3. The molecule has 3 heterocycles. The van der Waals surface area contributed by atoms with Gasteiger partial charge in [0.05, 0.1) is 29.5 Å². The summed E-state index contributed by atoms with van der Waals surface area (Å²) in [6.45, 7) is 2.23. The fraction of sp³-hybridized carbons (Fsp3) is 0.176. The third-order valence-electron chi connectivity index (χ3n) is 7.31. The van der Waals surface area contributed by atoms with Crippen LogP contribution < -0.4 is 15.0 Å². The summed E-state index contributed by atoms with van der Waals surface area (Å²) in [4.78, 5) is 33.0. The van der Waals surface area contributed by atoms with Crippen molar-refractivity contribution < 1.29 is 14.3 Å². The first kappa shape index (κ1) is 28.2. The van der Waals surface area contributed by atoms with E-state index in [0.717, 1.165) is 39.2 Å². The first-order valence-electron chi connectivity index (χ1n) is 14.0. The van der Waals surface area contributed by atoms with Crippen LogP contribution in [0.3, 0.4) is 0 Å². The molecule has 1 aliphatic rings. The van der Waals surface area contributed by atoms with Crippen molar-refractivity contribution in [3.8, 4) is 22.7 Å². The van der Waals surface area contributed by atoms with Gasteiger partial charge in [-0.2, -0.15) is 5.10 Å². The van der Waals surface area contributed by atoms with Crippen molar-refractivity contribution in [2.75, 3.05) is 24.3 Å². The Kier molecular flexibility index (Phi) is 8.24. The number of hydrogen-bond acceptors (Lipinski definition) is 6. The zero-order chi connectivity index (χ0) is 29.8. The second-order valence-corrected chi connectivity index (χ2v) is 11.4. The van der Waals surface area contributed by atoms with Gasteiger partial charge in [-0.15, -0.1) is 11.8 Å². The van der Waals surface area contributed by atoms with Crippen LogP contribution in [0.25, 0.3) is 16.9 Å². The number of amides is 2. The summed E-state index contributed by atoms with van der Waals surface area (Å²) in [5.74, 6) is 1.07. The Morgan fingerprint density at radius 3 is 2.56 bits per heavy atom. The molecular weight excluding hydrogens is 558 g/mol. The third-order valence-corrected chi connectivity index (χ3v) is 8.57. The average Bonchev–Trinajstić information content (AvgIpc) is 3.37. The fourth-order valence-electron chi connectivity index (χ4n) is 5.23. The molecule has 1 atom stereocenters. The zero-order valence-electron chi connectivity index (χ0n) is 23.9. The van der Waals surface area contributed by atoms with E-state index in [1.165, 1.54) is 0 Å². The number of fused-ring (bicyclic) bond motifs is 1. The molecule has 1 unspecified atom stereocenters. The normalized spacial score (nSPS) is 14.6. The molecule has 0 saturated heterocycles. The fourth-order valence-corrected chi connectivity index (χ4v) is 6.42. The second-order valence-electron chi connectivity index (χ2n) is 10.3. The number of aromatic nitrogens is 3. The molecule has 0 saturated carbocycles. The van der Waals surface area contributed by atoms with E-state index in [0.29, 0.717) is 18.1 Å². The molecule has 9 heteroatoms. The summed E-state index contributed by atoms with van der Waals surface area (Å²) >= 11 is 1.56. The monoisotopic (exact) mass is 589 g/mol. The van der Waals surface area contributed by atoms with Crippen LogP contribution in [0.4, 0.5) is 5.82 Å². The predicted molar refractivity (Wildman–Crippen MR) is 169 cm³/mol. The molecule has 1 aliphatic heterocycles. The van der Waals surface area contributed by atoms with Crippen LogP contribution in [-0.2, 0) is 16.1 Å². The van der Waals surface area contributed by atoms with Gasteiger partial charge in [0.2, 0.25) is 11.8 Å². The first-order chi connectivity index (χ1) is 21.0. The molecule has 0 radical (unpaired) electrons. The molecule has 216 valence electrons. The summed E-state index contributed by atoms with van der Waals surface area (Å²) in [6.07, 6.45) is 3.40. The quantitative estimate of drug-likeness (QED) is 0.249. The Balaban J connectivity index is 1.52. The highest BCUT2D eigenvalue weighted by Crippen LogP contribution is 2.48. The van der Waals surface area contributed by atoms with Crippen molar-refractivity contribution >= 4 is 29.4 Å². The minimum absolute atomic E-state index is 0.150. The number of pyridine rings is 1. The number of ether oxygens (including phenoxy) is 1. The van der Waals surface area contributed by atoms with Crippen molar-refractivity contribution in [3.63, 3.8) is 0 Å². The molecule has 2 amide bonds. The molecule has 8 nitrogen and oxygen atoms in total. The highest BCUT2D eigenvalue weighted by atomic mass is 32.2. The van der Waals surface area contributed by atoms with E-state index in [1.54, 1.807) is 40.8 Å². The van der Waals surface area contributed by atoms with Crippen LogP contribution >= 0.6 is 11.8 Å². The van der Waals surface area contributed by atoms with E-state index in [9.17, 15) is 9.59 Å². The van der Waals surface area contributed by atoms with Gasteiger partial charge in [0.1, 0.15) is 18.1 Å². The molecule has 3 aromatic carbocycles. The number of nitrogens with one attached hydrogen (secondary N) is 1. The maximum absolute atomic E-state index is 13.9. The SMILES string of the molecule is COc1ccc(-n2nc(-c3ccccc3)c3c2N(CC(=O)NCc2cccnc2)C(=O)CSC3c2cccc(C)c2)cc1. The zero-order valence-corrected chi connectivity index (χ0v) is 24.8. The first-order valence-corrected chi connectivity index (χ1v) is 15.0. The predicted octanol–water partition coefficient (Wildman–Crippen LogP) is 5.74. The van der Waals surface area contributed by atoms with Gasteiger partial charge in [0, 0.05) is 30.1 Å². The Bertz CT molecular complexity index is 1740.